The zero-order valence-corrected chi connectivity index (χ0v) is 35.0. The van der Waals surface area contributed by atoms with Gasteiger partial charge in [-0.25, -0.2) is 23.9 Å². The molecule has 3 aromatic rings. The molecule has 1 amide bonds. The van der Waals surface area contributed by atoms with Crippen LogP contribution >= 0.6 is 27.4 Å². The van der Waals surface area contributed by atoms with Crippen LogP contribution < -0.4 is 20.9 Å². The first-order valence-corrected chi connectivity index (χ1v) is 22.7. The van der Waals surface area contributed by atoms with Gasteiger partial charge in [0.2, 0.25) is 0 Å². The minimum atomic E-state index is -4.91. The lowest BCUT2D eigenvalue weighted by molar-refractivity contribution is -0.384. The molecule has 1 aromatic heterocycles. The molecule has 4 aliphatic heterocycles. The molecule has 24 nitrogen and oxygen atoms in total. The van der Waals surface area contributed by atoms with Crippen LogP contribution in [0.1, 0.15) is 45.9 Å². The Morgan fingerprint density at radius 1 is 1.15 bits per heavy atom. The van der Waals surface area contributed by atoms with E-state index in [0.29, 0.717) is 41.7 Å². The number of nitrogens with one attached hydrogen (secondary N) is 2. The zero-order valence-electron chi connectivity index (χ0n) is 32.4. The Hall–Kier alpha value is -4.33. The molecule has 0 bridgehead atoms. The second kappa shape index (κ2) is 19.0. The summed E-state index contributed by atoms with van der Waals surface area (Å²) >= 11 is 1.57. The smallest absolute Gasteiger partial charge is 0.452 e. The fraction of sp³-hybridized carbons (Fsp3) is 0.471. The third kappa shape index (κ3) is 10.7. The largest absolute Gasteiger partial charge is 0.530 e. The molecular formula is C34H42N8O16P2S. The number of nitrogens with two attached hydrogens (primary N) is 1. The van der Waals surface area contributed by atoms with Crippen LogP contribution in [0.2, 0.25) is 0 Å². The van der Waals surface area contributed by atoms with Gasteiger partial charge in [-0.2, -0.15) is 11.8 Å². The molecule has 3 fully saturated rings. The fourth-order valence-electron chi connectivity index (χ4n) is 6.52. The van der Waals surface area contributed by atoms with Crippen molar-refractivity contribution in [1.29, 1.82) is 0 Å². The highest BCUT2D eigenvalue weighted by Crippen LogP contribution is 2.54. The minimum Gasteiger partial charge on any atom is -0.452 e. The number of aliphatic imine (C=N–C) groups is 1. The third-order valence-corrected chi connectivity index (χ3v) is 12.5. The van der Waals surface area contributed by atoms with Crippen molar-refractivity contribution in [3.05, 3.63) is 81.3 Å². The van der Waals surface area contributed by atoms with Crippen LogP contribution in [-0.4, -0.2) is 124 Å². The highest BCUT2D eigenvalue weighted by Gasteiger charge is 2.54. The van der Waals surface area contributed by atoms with E-state index in [9.17, 15) is 28.8 Å². The minimum absolute atomic E-state index is 0.0175. The highest BCUT2D eigenvalue weighted by atomic mass is 32.2. The second-order valence-electron chi connectivity index (χ2n) is 13.9. The van der Waals surface area contributed by atoms with Gasteiger partial charge in [0, 0.05) is 56.4 Å². The Balaban J connectivity index is 1.11. The number of nitro groups is 1. The molecule has 2 aromatic carbocycles. The third-order valence-electron chi connectivity index (χ3n) is 9.47. The fourth-order valence-corrected chi connectivity index (χ4v) is 9.14. The van der Waals surface area contributed by atoms with E-state index in [1.165, 1.54) is 55.7 Å². The summed E-state index contributed by atoms with van der Waals surface area (Å²) < 4.78 is 71.8. The van der Waals surface area contributed by atoms with Gasteiger partial charge in [0.25, 0.3) is 11.6 Å². The van der Waals surface area contributed by atoms with Crippen LogP contribution in [-0.2, 0) is 53.0 Å². The number of rotatable bonds is 17. The SMILES string of the molecule is CN(C)C(=O)COC(=O)c1cc(C2OC3C(CSCCN)OC(n4cnc5c4NC=NC5NCc4ccc([N+](=O)[O-])cc4)C3O2)ccc1OP1(=O)OCC(OP(=O)(O)O)CO1. The molecule has 0 spiro atoms. The van der Waals surface area contributed by atoms with Gasteiger partial charge in [-0.15, -0.1) is 0 Å². The normalized spacial score (nSPS) is 26.9. The van der Waals surface area contributed by atoms with Crippen LogP contribution in [0.5, 0.6) is 5.75 Å². The molecule has 6 atom stereocenters. The summed E-state index contributed by atoms with van der Waals surface area (Å²) in [4.78, 5) is 65.0. The first-order chi connectivity index (χ1) is 29.1. The van der Waals surface area contributed by atoms with E-state index < -0.39 is 95.4 Å². The number of non-ortho nitro benzene ring substituents is 1. The van der Waals surface area contributed by atoms with E-state index in [1.54, 1.807) is 34.8 Å². The van der Waals surface area contributed by atoms with Gasteiger partial charge in [0.05, 0.1) is 36.9 Å². The number of esters is 1. The average Bonchev–Trinajstić information content (AvgIpc) is 3.95. The molecule has 330 valence electrons. The standard InChI is InChI=1S/C34H42N8O16P2S/c1-40(2)26(43)15-51-33(44)23-11-20(5-8-24(23)58-60(50)52-13-22(14-53-60)57-59(47,48)49)34-55-28-25(16-61-10-9-35)54-32(29(28)56-34)41-18-39-27-30(37-17-38-31(27)41)36-12-19-3-6-21(7-4-19)42(45)46/h3-8,11,17-18,22,25,28-30,32,34,36H,9-10,12-16,35H2,1-2H3,(H,37,38)(H2,47,48,49). The van der Waals surface area contributed by atoms with Gasteiger partial charge in [0.1, 0.15) is 47.3 Å². The summed E-state index contributed by atoms with van der Waals surface area (Å²) in [6.07, 6.45) is -2.41. The summed E-state index contributed by atoms with van der Waals surface area (Å²) in [6.45, 7) is -0.988. The van der Waals surface area contributed by atoms with Crippen LogP contribution in [0, 0.1) is 10.1 Å². The van der Waals surface area contributed by atoms with E-state index in [0.717, 1.165) is 5.56 Å². The van der Waals surface area contributed by atoms with Crippen LogP contribution in [0.4, 0.5) is 11.5 Å². The van der Waals surface area contributed by atoms with E-state index >= 15 is 0 Å². The molecule has 0 radical (unpaired) electrons. The van der Waals surface area contributed by atoms with Gasteiger partial charge in [-0.3, -0.25) is 38.4 Å². The summed E-state index contributed by atoms with van der Waals surface area (Å²) in [5, 5.41) is 17.5. The topological polar surface area (TPSA) is 309 Å². The summed E-state index contributed by atoms with van der Waals surface area (Å²) in [7, 11) is -6.43. The summed E-state index contributed by atoms with van der Waals surface area (Å²) in [5.74, 6) is -0.163. The van der Waals surface area contributed by atoms with Crippen molar-refractivity contribution in [2.24, 2.45) is 10.7 Å². The van der Waals surface area contributed by atoms with E-state index in [-0.39, 0.29) is 17.0 Å². The van der Waals surface area contributed by atoms with Gasteiger partial charge in [0.15, 0.2) is 19.1 Å². The maximum atomic E-state index is 13.5. The van der Waals surface area contributed by atoms with Gasteiger partial charge in [-0.05, 0) is 17.7 Å². The molecule has 6 unspecified atom stereocenters. The van der Waals surface area contributed by atoms with Crippen molar-refractivity contribution in [3.8, 4) is 5.75 Å². The Morgan fingerprint density at radius 3 is 2.57 bits per heavy atom. The van der Waals surface area contributed by atoms with Gasteiger partial charge < -0.3 is 49.2 Å². The van der Waals surface area contributed by atoms with Crippen LogP contribution in [0.3, 0.4) is 0 Å². The van der Waals surface area contributed by atoms with Crippen molar-refractivity contribution in [2.75, 3.05) is 57.3 Å². The van der Waals surface area contributed by atoms with Crippen molar-refractivity contribution >= 4 is 57.1 Å². The van der Waals surface area contributed by atoms with Crippen molar-refractivity contribution in [2.45, 2.75) is 49.6 Å². The number of aromatic nitrogens is 2. The van der Waals surface area contributed by atoms with Gasteiger partial charge >= 0.3 is 21.6 Å². The Bertz CT molecular complexity index is 2220. The highest BCUT2D eigenvalue weighted by molar-refractivity contribution is 7.99. The number of ether oxygens (including phenoxy) is 4. The number of nitro benzene ring substituents is 1. The molecule has 4 aliphatic rings. The Morgan fingerprint density at radius 2 is 1.89 bits per heavy atom. The number of imidazole rings is 1. The molecule has 27 heteroatoms. The van der Waals surface area contributed by atoms with Crippen LogP contribution in [0.25, 0.3) is 0 Å². The van der Waals surface area contributed by atoms with Crippen molar-refractivity contribution in [3.63, 3.8) is 0 Å². The van der Waals surface area contributed by atoms with Crippen molar-refractivity contribution in [1.82, 2.24) is 19.8 Å². The predicted molar refractivity (Wildman–Crippen MR) is 212 cm³/mol. The molecule has 0 aliphatic carbocycles. The Kier molecular flexibility index (Phi) is 13.9. The summed E-state index contributed by atoms with van der Waals surface area (Å²) in [6, 6.07) is 10.3. The molecule has 7 rings (SSSR count). The molecule has 3 saturated heterocycles. The number of anilines is 1. The molecule has 0 saturated carbocycles. The molecule has 6 N–H and O–H groups in total. The number of thioether (sulfide) groups is 1. The average molecular weight is 913 g/mol. The number of carbonyl (C=O) groups is 2. The van der Waals surface area contributed by atoms with E-state index in [2.05, 4.69) is 25.1 Å². The maximum absolute atomic E-state index is 13.5. The quantitative estimate of drug-likeness (QED) is 0.0427. The van der Waals surface area contributed by atoms with Crippen LogP contribution in [0.15, 0.2) is 53.8 Å². The molecule has 5 heterocycles. The lowest BCUT2D eigenvalue weighted by Crippen LogP contribution is -2.30. The lowest BCUT2D eigenvalue weighted by atomic mass is 10.1. The number of benzene rings is 2. The first kappa shape index (κ1) is 44.7. The number of phosphoric acid groups is 2. The van der Waals surface area contributed by atoms with E-state index in [1.807, 2.05) is 0 Å². The van der Waals surface area contributed by atoms with E-state index in [4.69, 9.17) is 48.0 Å². The predicted octanol–water partition coefficient (Wildman–Crippen LogP) is 2.36. The number of nitrogens with zero attached hydrogens (tertiary/aromatic N) is 5. The number of likely N-dealkylation sites (N-methyl/N-ethyl adjacent to an activating group) is 1. The maximum Gasteiger partial charge on any atom is 0.530 e. The molecule has 61 heavy (non-hydrogen) atoms. The first-order valence-electron chi connectivity index (χ1n) is 18.5. The Labute approximate surface area is 351 Å². The monoisotopic (exact) mass is 912 g/mol. The number of carbonyl (C=O) groups excluding carboxylic acids is 2. The number of phosphoric ester groups is 2. The summed E-state index contributed by atoms with van der Waals surface area (Å²) in [5.41, 5.74) is 7.12. The zero-order chi connectivity index (χ0) is 43.5. The second-order valence-corrected chi connectivity index (χ2v) is 17.9. The number of fused-ring (bicyclic) bond motifs is 2. The lowest BCUT2D eigenvalue weighted by Gasteiger charge is -2.28. The number of amides is 1. The number of hydrogen-bond donors (Lipinski definition) is 5. The van der Waals surface area contributed by atoms with Crippen molar-refractivity contribution < 1.29 is 70.5 Å². The van der Waals surface area contributed by atoms with Gasteiger partial charge in [-0.1, -0.05) is 18.2 Å². The number of hydrogen-bond acceptors (Lipinski definition) is 20. The molecular weight excluding hydrogens is 870 g/mol.